The molecule has 2 heterocycles. The Hall–Kier alpha value is -2.64. The third-order valence-electron chi connectivity index (χ3n) is 4.54. The van der Waals surface area contributed by atoms with Crippen molar-refractivity contribution in [2.24, 2.45) is 0 Å². The van der Waals surface area contributed by atoms with Gasteiger partial charge in [-0.25, -0.2) is 0 Å². The molecule has 150 valence electrons. The van der Waals surface area contributed by atoms with Crippen LogP contribution in [0.3, 0.4) is 0 Å². The average molecular weight is 430 g/mol. The predicted octanol–water partition coefficient (Wildman–Crippen LogP) is 5.31. The Bertz CT molecular complexity index is 1020. The van der Waals surface area contributed by atoms with E-state index in [-0.39, 0.29) is 12.0 Å². The molecular formula is C21H20ClN3O3S. The first-order valence-corrected chi connectivity index (χ1v) is 10.4. The van der Waals surface area contributed by atoms with Crippen LogP contribution in [0, 0.1) is 0 Å². The van der Waals surface area contributed by atoms with Gasteiger partial charge in [-0.3, -0.25) is 0 Å². The molecule has 3 aromatic rings. The number of thioether (sulfide) groups is 1. The number of rotatable bonds is 7. The van der Waals surface area contributed by atoms with E-state index < -0.39 is 0 Å². The summed E-state index contributed by atoms with van der Waals surface area (Å²) >= 11 is 8.01. The molecule has 1 aromatic heterocycles. The van der Waals surface area contributed by atoms with Crippen molar-refractivity contribution in [2.45, 2.75) is 23.9 Å². The molecule has 1 atom stereocenters. The van der Waals surface area contributed by atoms with Gasteiger partial charge in [0.05, 0.1) is 12.4 Å². The van der Waals surface area contributed by atoms with Crippen molar-refractivity contribution in [3.05, 3.63) is 71.1 Å². The van der Waals surface area contributed by atoms with Crippen LogP contribution in [0.4, 0.5) is 0 Å². The normalized spacial score (nSPS) is 14.1. The Morgan fingerprint density at radius 1 is 1.17 bits per heavy atom. The number of methoxy groups -OCH3 is 1. The van der Waals surface area contributed by atoms with Gasteiger partial charge in [0.15, 0.2) is 16.7 Å². The lowest BCUT2D eigenvalue weighted by atomic mass is 10.1. The largest absolute Gasteiger partial charge is 0.497 e. The summed E-state index contributed by atoms with van der Waals surface area (Å²) in [5.74, 6) is 2.31. The lowest BCUT2D eigenvalue weighted by Gasteiger charge is -2.18. The maximum Gasteiger partial charge on any atom is 0.229 e. The van der Waals surface area contributed by atoms with E-state index in [9.17, 15) is 0 Å². The molecule has 1 aliphatic heterocycles. The number of halogens is 1. The third-order valence-corrected chi connectivity index (χ3v) is 6.12. The Morgan fingerprint density at radius 3 is 2.62 bits per heavy atom. The molecule has 0 N–H and O–H groups in total. The molecule has 0 spiro atoms. The van der Waals surface area contributed by atoms with Crippen molar-refractivity contribution in [1.29, 1.82) is 0 Å². The van der Waals surface area contributed by atoms with Crippen molar-refractivity contribution in [3.63, 3.8) is 0 Å². The van der Waals surface area contributed by atoms with E-state index in [0.717, 1.165) is 34.4 Å². The van der Waals surface area contributed by atoms with E-state index in [1.807, 2.05) is 48.5 Å². The molecule has 4 rings (SSSR count). The molecule has 0 saturated carbocycles. The summed E-state index contributed by atoms with van der Waals surface area (Å²) in [6.07, 6.45) is 1.64. The molecule has 2 aromatic carbocycles. The molecule has 0 fully saturated rings. The first kappa shape index (κ1) is 19.7. The van der Waals surface area contributed by atoms with Gasteiger partial charge in [0, 0.05) is 17.1 Å². The van der Waals surface area contributed by atoms with Gasteiger partial charge in [0.25, 0.3) is 0 Å². The summed E-state index contributed by atoms with van der Waals surface area (Å²) in [6.45, 7) is 3.00. The molecule has 1 unspecified atom stereocenters. The maximum atomic E-state index is 6.48. The Kier molecular flexibility index (Phi) is 5.97. The summed E-state index contributed by atoms with van der Waals surface area (Å²) < 4.78 is 18.3. The van der Waals surface area contributed by atoms with Crippen LogP contribution in [0.1, 0.15) is 17.7 Å². The van der Waals surface area contributed by atoms with Gasteiger partial charge in [-0.2, -0.15) is 0 Å². The number of hydrogen-bond donors (Lipinski definition) is 0. The number of benzene rings is 2. The van der Waals surface area contributed by atoms with Gasteiger partial charge >= 0.3 is 0 Å². The van der Waals surface area contributed by atoms with Crippen molar-refractivity contribution in [2.75, 3.05) is 13.9 Å². The summed E-state index contributed by atoms with van der Waals surface area (Å²) in [6, 6.07) is 15.5. The van der Waals surface area contributed by atoms with Crippen molar-refractivity contribution in [1.82, 2.24) is 14.8 Å². The molecule has 0 saturated heterocycles. The molecule has 1 aliphatic rings. The summed E-state index contributed by atoms with van der Waals surface area (Å²) in [4.78, 5) is 0. The van der Waals surface area contributed by atoms with E-state index in [2.05, 4.69) is 21.7 Å². The van der Waals surface area contributed by atoms with Crippen molar-refractivity contribution < 1.29 is 14.2 Å². The smallest absolute Gasteiger partial charge is 0.229 e. The van der Waals surface area contributed by atoms with Crippen LogP contribution >= 0.6 is 23.4 Å². The highest BCUT2D eigenvalue weighted by molar-refractivity contribution is 7.99. The van der Waals surface area contributed by atoms with Crippen LogP contribution in [0.2, 0.25) is 5.02 Å². The fraction of sp³-hybridized carbons (Fsp3) is 0.238. The standard InChI is InChI=1S/C21H20ClN3O3S/c1-3-25-20(14-8-10-15(26-2)11-9-14)23-24-21(25)29-19(18-12-27-13-28-18)16-6-4-5-7-17(16)22/h4-12,19H,3,13H2,1-2H3. The van der Waals surface area contributed by atoms with E-state index in [1.165, 1.54) is 11.8 Å². The zero-order valence-electron chi connectivity index (χ0n) is 16.0. The number of nitrogens with zero attached hydrogens (tertiary/aromatic N) is 3. The monoisotopic (exact) mass is 429 g/mol. The molecule has 0 amide bonds. The van der Waals surface area contributed by atoms with Gasteiger partial charge in [-0.15, -0.1) is 10.2 Å². The van der Waals surface area contributed by atoms with Crippen LogP contribution in [-0.4, -0.2) is 28.7 Å². The second kappa shape index (κ2) is 8.80. The lowest BCUT2D eigenvalue weighted by molar-refractivity contribution is 0.0787. The fourth-order valence-electron chi connectivity index (χ4n) is 3.07. The van der Waals surface area contributed by atoms with Gasteiger partial charge < -0.3 is 18.8 Å². The minimum atomic E-state index is -0.190. The number of aromatic nitrogens is 3. The zero-order chi connectivity index (χ0) is 20.2. The van der Waals surface area contributed by atoms with E-state index >= 15 is 0 Å². The molecule has 6 nitrogen and oxygen atoms in total. The molecule has 0 aliphatic carbocycles. The molecule has 29 heavy (non-hydrogen) atoms. The Labute approximate surface area is 178 Å². The molecular weight excluding hydrogens is 410 g/mol. The number of ether oxygens (including phenoxy) is 3. The van der Waals surface area contributed by atoms with E-state index in [4.69, 9.17) is 25.8 Å². The first-order chi connectivity index (χ1) is 14.2. The highest BCUT2D eigenvalue weighted by Crippen LogP contribution is 2.44. The van der Waals surface area contributed by atoms with Crippen molar-refractivity contribution >= 4 is 23.4 Å². The lowest BCUT2D eigenvalue weighted by Crippen LogP contribution is -2.05. The minimum Gasteiger partial charge on any atom is -0.497 e. The van der Waals surface area contributed by atoms with Crippen LogP contribution < -0.4 is 4.74 Å². The summed E-state index contributed by atoms with van der Waals surface area (Å²) in [5.41, 5.74) is 1.91. The zero-order valence-corrected chi connectivity index (χ0v) is 17.6. The van der Waals surface area contributed by atoms with Gasteiger partial charge in [0.1, 0.15) is 12.0 Å². The highest BCUT2D eigenvalue weighted by Gasteiger charge is 2.28. The SMILES string of the molecule is CCn1c(SC(C2=COCO2)c2ccccc2Cl)nnc1-c1ccc(OC)cc1. The topological polar surface area (TPSA) is 58.4 Å². The predicted molar refractivity (Wildman–Crippen MR) is 113 cm³/mol. The van der Waals surface area contributed by atoms with Gasteiger partial charge in [-0.1, -0.05) is 41.6 Å². The molecule has 8 heteroatoms. The number of hydrogen-bond acceptors (Lipinski definition) is 6. The summed E-state index contributed by atoms with van der Waals surface area (Å²) in [5, 5.41) is 10.1. The molecule has 0 bridgehead atoms. The van der Waals surface area contributed by atoms with E-state index in [0.29, 0.717) is 10.8 Å². The quantitative estimate of drug-likeness (QED) is 0.474. The van der Waals surface area contributed by atoms with E-state index in [1.54, 1.807) is 13.4 Å². The minimum absolute atomic E-state index is 0.190. The summed E-state index contributed by atoms with van der Waals surface area (Å²) in [7, 11) is 1.65. The van der Waals surface area contributed by atoms with Crippen LogP contribution in [0.25, 0.3) is 11.4 Å². The van der Waals surface area contributed by atoms with Crippen LogP contribution in [0.5, 0.6) is 5.75 Å². The second-order valence-electron chi connectivity index (χ2n) is 6.25. The highest BCUT2D eigenvalue weighted by atomic mass is 35.5. The first-order valence-electron chi connectivity index (χ1n) is 9.14. The van der Waals surface area contributed by atoms with Crippen molar-refractivity contribution in [3.8, 4) is 17.1 Å². The average Bonchev–Trinajstić information content (AvgIpc) is 3.42. The molecule has 0 radical (unpaired) electrons. The Morgan fingerprint density at radius 2 is 1.97 bits per heavy atom. The fourth-order valence-corrected chi connectivity index (χ4v) is 4.60. The van der Waals surface area contributed by atoms with Gasteiger partial charge in [0.2, 0.25) is 6.79 Å². The third kappa shape index (κ3) is 4.06. The van der Waals surface area contributed by atoms with Crippen LogP contribution in [0.15, 0.2) is 65.7 Å². The Balaban J connectivity index is 1.69. The van der Waals surface area contributed by atoms with Crippen LogP contribution in [-0.2, 0) is 16.0 Å². The maximum absolute atomic E-state index is 6.48. The van der Waals surface area contributed by atoms with Gasteiger partial charge in [-0.05, 0) is 42.8 Å². The second-order valence-corrected chi connectivity index (χ2v) is 7.73.